The number of hydrogen-bond acceptors (Lipinski definition) is 16. The fourth-order valence-corrected chi connectivity index (χ4v) is 17.9. The molecule has 1 fully saturated rings. The Kier molecular flexibility index (Phi) is 33.0. The third-order valence-corrected chi connectivity index (χ3v) is 38.7. The third-order valence-electron chi connectivity index (χ3n) is 20.3. The lowest BCUT2D eigenvalue weighted by Gasteiger charge is -2.47. The van der Waals surface area contributed by atoms with Crippen molar-refractivity contribution in [2.75, 3.05) is 51.9 Å². The van der Waals surface area contributed by atoms with Gasteiger partial charge in [0, 0.05) is 54.4 Å². The Morgan fingerprint density at radius 3 is 1.71 bits per heavy atom. The molecule has 516 valence electrons. The molecule has 1 aromatic carbocycles. The summed E-state index contributed by atoms with van der Waals surface area (Å²) in [4.78, 5) is 57.4. The topological polar surface area (TPSA) is 193 Å². The van der Waals surface area contributed by atoms with Crippen molar-refractivity contribution in [2.24, 2.45) is 35.5 Å². The summed E-state index contributed by atoms with van der Waals surface area (Å²) in [6, 6.07) is 10.1. The highest BCUT2D eigenvalue weighted by Gasteiger charge is 2.65. The van der Waals surface area contributed by atoms with Crippen LogP contribution >= 0.6 is 27.5 Å². The standard InChI is InChI=1S/C67H122BrClO16Si4/c1-28-89(29-2,30-3)84-57(52(43-80-63(74)79-37-35-68)61(85-88(26,27)66(16,17)18)67(19)60(81-67)46(6)41-77-42-50-31-33-51(75-20)34-32-50)47(7)54(71)40-53(70)44(4)39-45(5)56(82-86(22,23)64(10,11)12)48(8)55(72)49(9)58(76-21)59(62(73)78-38-36-69)83-87(24,25)65(13,14)15/h31-34,39,44,46-49,52,54,56-61,71H,28-30,35-38,40-43H2,1-27H3/b45-39+/t44-,46-,47+,48-,49+,52-,54-,56-,57+,58-,59+,60+,61-,67-/m0/s1. The van der Waals surface area contributed by atoms with E-state index >= 15 is 4.79 Å². The number of halogens is 2. The normalized spacial score (nSPS) is 20.6. The molecule has 1 aliphatic heterocycles. The number of esters is 1. The van der Waals surface area contributed by atoms with E-state index in [4.69, 9.17) is 62.5 Å². The van der Waals surface area contributed by atoms with E-state index in [1.165, 1.54) is 7.11 Å². The predicted octanol–water partition coefficient (Wildman–Crippen LogP) is 15.9. The second-order valence-corrected chi connectivity index (χ2v) is 50.0. The van der Waals surface area contributed by atoms with Crippen molar-refractivity contribution < 1.29 is 75.1 Å². The molecule has 1 saturated heterocycles. The number of aliphatic hydroxyl groups excluding tert-OH is 1. The van der Waals surface area contributed by atoms with Gasteiger partial charge in [0.2, 0.25) is 0 Å². The quantitative estimate of drug-likeness (QED) is 0.0214. The van der Waals surface area contributed by atoms with Crippen LogP contribution in [0, 0.1) is 35.5 Å². The molecule has 0 amide bonds. The first-order chi connectivity index (χ1) is 40.9. The summed E-state index contributed by atoms with van der Waals surface area (Å²) in [6.07, 6.45) is -5.27. The maximum absolute atomic E-state index is 15.1. The molecule has 2 rings (SSSR count). The lowest BCUT2D eigenvalue weighted by Crippen LogP contribution is -2.58. The summed E-state index contributed by atoms with van der Waals surface area (Å²) in [6.45, 7) is 52.3. The van der Waals surface area contributed by atoms with Crippen LogP contribution in [-0.2, 0) is 67.1 Å². The number of hydrogen-bond donors (Lipinski definition) is 1. The Morgan fingerprint density at radius 1 is 0.719 bits per heavy atom. The molecular weight excluding hydrogens is 1290 g/mol. The number of rotatable bonds is 40. The van der Waals surface area contributed by atoms with Gasteiger partial charge in [-0.05, 0) is 110 Å². The molecule has 1 aromatic rings. The highest BCUT2D eigenvalue weighted by Crippen LogP contribution is 2.52. The molecule has 0 spiro atoms. The number of alkyl halides is 2. The molecular formula is C67H122BrClO16Si4. The summed E-state index contributed by atoms with van der Waals surface area (Å²) in [5.41, 5.74) is 0.776. The number of carbonyl (C=O) groups excluding carboxylic acids is 4. The number of carbonyl (C=O) groups is 4. The van der Waals surface area contributed by atoms with Gasteiger partial charge in [0.25, 0.3) is 0 Å². The summed E-state index contributed by atoms with van der Waals surface area (Å²) >= 11 is 9.34. The van der Waals surface area contributed by atoms with Gasteiger partial charge in [-0.3, -0.25) is 9.59 Å². The minimum atomic E-state index is -2.69. The largest absolute Gasteiger partial charge is 0.508 e. The van der Waals surface area contributed by atoms with Gasteiger partial charge >= 0.3 is 12.1 Å². The Labute approximate surface area is 556 Å². The van der Waals surface area contributed by atoms with Crippen LogP contribution in [0.25, 0.3) is 0 Å². The average molecular weight is 1410 g/mol. The van der Waals surface area contributed by atoms with E-state index in [9.17, 15) is 19.5 Å². The Balaban J connectivity index is 2.83. The van der Waals surface area contributed by atoms with Gasteiger partial charge in [0.1, 0.15) is 48.8 Å². The van der Waals surface area contributed by atoms with E-state index in [0.29, 0.717) is 24.1 Å². The monoisotopic (exact) mass is 1410 g/mol. The fraction of sp³-hybridized carbons (Fsp3) is 0.821. The zero-order chi connectivity index (χ0) is 68.6. The SMILES string of the molecule is CC[Si](CC)(CC)O[C@H]([C@H](C)[C@@H](O)CC(=O)[C@@H](C)/C=C(\C)[C@H](O[Si](C)(C)C(C)(C)C)[C@@H](C)C(=O)[C@@H](C)[C@H](OC)[C@@H](O[Si](C)(C)C(C)(C)C)C(=O)OCCCl)[C@H](COC(=O)OCCBr)[C@H](O[Si](C)(C)C(C)(C)C)[C@@]1(C)O[C@@H]1[C@@H](C)COCc1ccc(OC)cc1. The summed E-state index contributed by atoms with van der Waals surface area (Å²) < 4.78 is 71.0. The molecule has 1 N–H and O–H groups in total. The molecule has 1 heterocycles. The van der Waals surface area contributed by atoms with Gasteiger partial charge in [0.15, 0.2) is 39.4 Å². The number of ether oxygens (including phenoxy) is 7. The van der Waals surface area contributed by atoms with Crippen molar-refractivity contribution in [3.05, 3.63) is 41.5 Å². The Bertz CT molecular complexity index is 2380. The minimum absolute atomic E-state index is 0.0308. The van der Waals surface area contributed by atoms with Crippen LogP contribution in [0.4, 0.5) is 4.79 Å². The molecule has 22 heteroatoms. The van der Waals surface area contributed by atoms with Crippen LogP contribution in [0.2, 0.25) is 72.5 Å². The molecule has 0 bridgehead atoms. The first-order valence-corrected chi connectivity index (χ1v) is 45.4. The van der Waals surface area contributed by atoms with Gasteiger partial charge in [-0.15, -0.1) is 11.6 Å². The molecule has 1 aliphatic rings. The van der Waals surface area contributed by atoms with Gasteiger partial charge in [-0.2, -0.15) is 0 Å². The summed E-state index contributed by atoms with van der Waals surface area (Å²) in [5, 5.41) is 12.4. The van der Waals surface area contributed by atoms with Crippen LogP contribution in [-0.4, -0.2) is 162 Å². The molecule has 14 atom stereocenters. The number of ketones is 2. The number of allylic oxidation sites excluding steroid dienone is 1. The minimum Gasteiger partial charge on any atom is -0.497 e. The van der Waals surface area contributed by atoms with E-state index in [2.05, 4.69) is 139 Å². The highest BCUT2D eigenvalue weighted by atomic mass is 79.9. The van der Waals surface area contributed by atoms with Crippen molar-refractivity contribution in [3.8, 4) is 5.75 Å². The lowest BCUT2D eigenvalue weighted by molar-refractivity contribution is -0.163. The molecule has 89 heavy (non-hydrogen) atoms. The molecule has 0 radical (unpaired) electrons. The van der Waals surface area contributed by atoms with Crippen molar-refractivity contribution in [1.82, 2.24) is 0 Å². The van der Waals surface area contributed by atoms with E-state index in [-0.39, 0.29) is 70.8 Å². The van der Waals surface area contributed by atoms with Crippen LogP contribution in [0.1, 0.15) is 144 Å². The number of methoxy groups -OCH3 is 2. The van der Waals surface area contributed by atoms with Gasteiger partial charge in [-0.25, -0.2) is 9.59 Å². The zero-order valence-corrected chi connectivity index (χ0v) is 66.3. The van der Waals surface area contributed by atoms with Gasteiger partial charge < -0.3 is 56.0 Å². The summed E-state index contributed by atoms with van der Waals surface area (Å²) in [7, 11) is -7.42. The molecule has 0 unspecified atom stereocenters. The fourth-order valence-electron chi connectivity index (χ4n) is 10.7. The zero-order valence-electron chi connectivity index (χ0n) is 60.0. The molecule has 0 aromatic heterocycles. The van der Waals surface area contributed by atoms with Crippen molar-refractivity contribution >= 4 is 84.5 Å². The van der Waals surface area contributed by atoms with Crippen LogP contribution in [0.5, 0.6) is 5.75 Å². The lowest BCUT2D eigenvalue weighted by atomic mass is 9.78. The molecule has 0 saturated carbocycles. The molecule has 16 nitrogen and oxygen atoms in total. The molecule has 0 aliphatic carbocycles. The number of epoxide rings is 1. The predicted molar refractivity (Wildman–Crippen MR) is 371 cm³/mol. The van der Waals surface area contributed by atoms with E-state index in [1.54, 1.807) is 21.0 Å². The van der Waals surface area contributed by atoms with Gasteiger partial charge in [0.05, 0.1) is 56.7 Å². The second kappa shape index (κ2) is 35.2. The van der Waals surface area contributed by atoms with E-state index in [0.717, 1.165) is 29.4 Å². The average Bonchev–Trinajstić information content (AvgIpc) is 1.58. The van der Waals surface area contributed by atoms with Gasteiger partial charge in [-0.1, -0.05) is 152 Å². The third kappa shape index (κ3) is 23.2. The first-order valence-electron chi connectivity index (χ1n) is 32.5. The number of benzene rings is 1. The number of aliphatic hydroxyl groups is 1. The Hall–Kier alpha value is -1.84. The highest BCUT2D eigenvalue weighted by molar-refractivity contribution is 9.09. The summed E-state index contributed by atoms with van der Waals surface area (Å²) in [5.74, 6) is -4.08. The second-order valence-electron chi connectivity index (χ2n) is 29.9. The van der Waals surface area contributed by atoms with E-state index < -0.39 is 117 Å². The number of Topliss-reactive ketones (excluding diaryl/α,β-unsaturated/α-hetero) is 2. The smallest absolute Gasteiger partial charge is 0.497 e. The van der Waals surface area contributed by atoms with Crippen molar-refractivity contribution in [1.29, 1.82) is 0 Å². The van der Waals surface area contributed by atoms with Crippen LogP contribution < -0.4 is 4.74 Å². The van der Waals surface area contributed by atoms with E-state index in [1.807, 2.05) is 64.2 Å². The van der Waals surface area contributed by atoms with Crippen molar-refractivity contribution in [3.63, 3.8) is 0 Å². The Morgan fingerprint density at radius 2 is 1.24 bits per heavy atom. The first kappa shape index (κ1) is 83.2. The van der Waals surface area contributed by atoms with Crippen LogP contribution in [0.3, 0.4) is 0 Å². The maximum Gasteiger partial charge on any atom is 0.508 e. The van der Waals surface area contributed by atoms with Crippen LogP contribution in [0.15, 0.2) is 35.9 Å². The van der Waals surface area contributed by atoms with Crippen molar-refractivity contribution in [2.45, 2.75) is 265 Å². The maximum atomic E-state index is 15.1.